The third-order valence-corrected chi connectivity index (χ3v) is 5.18. The molecule has 0 radical (unpaired) electrons. The van der Waals surface area contributed by atoms with Crippen molar-refractivity contribution in [1.29, 1.82) is 0 Å². The lowest BCUT2D eigenvalue weighted by atomic mass is 10.2. The van der Waals surface area contributed by atoms with Gasteiger partial charge in [-0.15, -0.1) is 0 Å². The van der Waals surface area contributed by atoms with E-state index in [0.29, 0.717) is 26.3 Å². The molecule has 10 nitrogen and oxygen atoms in total. The topological polar surface area (TPSA) is 119 Å². The monoisotopic (exact) mass is 435 g/mol. The molecule has 0 bridgehead atoms. The van der Waals surface area contributed by atoms with Gasteiger partial charge in [-0.25, -0.2) is 5.43 Å². The van der Waals surface area contributed by atoms with Crippen molar-refractivity contribution >= 4 is 34.6 Å². The lowest BCUT2D eigenvalue weighted by Crippen LogP contribution is -2.42. The van der Waals surface area contributed by atoms with Gasteiger partial charge in [0.25, 0.3) is 11.6 Å². The Hall–Kier alpha value is -4.05. The number of para-hydroxylation sites is 1. The summed E-state index contributed by atoms with van der Waals surface area (Å²) in [6.45, 7) is 2.43. The predicted molar refractivity (Wildman–Crippen MR) is 117 cm³/mol. The molecule has 0 spiro atoms. The highest BCUT2D eigenvalue weighted by Gasteiger charge is 2.18. The number of carbonyl (C=O) groups excluding carboxylic acids is 2. The number of aromatic nitrogens is 1. The average Bonchev–Trinajstić information content (AvgIpc) is 3.17. The summed E-state index contributed by atoms with van der Waals surface area (Å²) in [6.07, 6.45) is 3.30. The molecule has 2 aromatic carbocycles. The number of carbonyl (C=O) groups is 2. The quantitative estimate of drug-likeness (QED) is 0.362. The number of fused-ring (bicyclic) bond motifs is 1. The summed E-state index contributed by atoms with van der Waals surface area (Å²) in [5.41, 5.74) is 3.96. The molecule has 1 aliphatic rings. The summed E-state index contributed by atoms with van der Waals surface area (Å²) in [6, 6.07) is 13.0. The van der Waals surface area contributed by atoms with Crippen molar-refractivity contribution in [2.75, 3.05) is 26.3 Å². The van der Waals surface area contributed by atoms with Gasteiger partial charge in [-0.2, -0.15) is 5.10 Å². The van der Waals surface area contributed by atoms with Gasteiger partial charge < -0.3 is 14.2 Å². The summed E-state index contributed by atoms with van der Waals surface area (Å²) >= 11 is 0. The van der Waals surface area contributed by atoms with Crippen molar-refractivity contribution in [3.05, 3.63) is 76.0 Å². The number of morpholine rings is 1. The zero-order chi connectivity index (χ0) is 22.5. The first-order valence-electron chi connectivity index (χ1n) is 10.0. The summed E-state index contributed by atoms with van der Waals surface area (Å²) in [5.74, 6) is -0.548. The molecular formula is C22H21N5O5. The van der Waals surface area contributed by atoms with Crippen LogP contribution in [-0.2, 0) is 16.1 Å². The zero-order valence-corrected chi connectivity index (χ0v) is 17.1. The second-order valence-corrected chi connectivity index (χ2v) is 7.23. The molecular weight excluding hydrogens is 414 g/mol. The molecule has 1 N–H and O–H groups in total. The molecule has 1 aliphatic heterocycles. The Labute approximate surface area is 183 Å². The molecule has 2 amide bonds. The summed E-state index contributed by atoms with van der Waals surface area (Å²) < 4.78 is 7.16. The van der Waals surface area contributed by atoms with E-state index in [9.17, 15) is 19.7 Å². The Morgan fingerprint density at radius 3 is 2.72 bits per heavy atom. The first-order valence-corrected chi connectivity index (χ1v) is 10.0. The molecule has 0 unspecified atom stereocenters. The largest absolute Gasteiger partial charge is 0.378 e. The van der Waals surface area contributed by atoms with Crippen molar-refractivity contribution in [2.24, 2.45) is 5.10 Å². The van der Waals surface area contributed by atoms with Gasteiger partial charge in [0.05, 0.1) is 24.4 Å². The number of amides is 2. The van der Waals surface area contributed by atoms with Gasteiger partial charge in [-0.05, 0) is 12.1 Å². The Bertz CT molecular complexity index is 1200. The maximum Gasteiger partial charge on any atom is 0.271 e. The van der Waals surface area contributed by atoms with Crippen LogP contribution in [0.15, 0.2) is 59.8 Å². The average molecular weight is 435 g/mol. The van der Waals surface area contributed by atoms with Crippen LogP contribution in [0.2, 0.25) is 0 Å². The van der Waals surface area contributed by atoms with Crippen LogP contribution in [0.3, 0.4) is 0 Å². The Kier molecular flexibility index (Phi) is 6.22. The van der Waals surface area contributed by atoms with E-state index in [2.05, 4.69) is 10.5 Å². The first-order chi connectivity index (χ1) is 15.5. The number of hydrogen-bond acceptors (Lipinski definition) is 6. The predicted octanol–water partition coefficient (Wildman–Crippen LogP) is 2.17. The highest BCUT2D eigenvalue weighted by Crippen LogP contribution is 2.20. The second-order valence-electron chi connectivity index (χ2n) is 7.23. The van der Waals surface area contributed by atoms with Crippen LogP contribution >= 0.6 is 0 Å². The molecule has 0 aliphatic carbocycles. The minimum absolute atomic E-state index is 0.0107. The third-order valence-electron chi connectivity index (χ3n) is 5.18. The van der Waals surface area contributed by atoms with Crippen LogP contribution in [0.25, 0.3) is 10.9 Å². The van der Waals surface area contributed by atoms with Gasteiger partial charge in [0.2, 0.25) is 5.91 Å². The molecule has 1 fully saturated rings. The number of nitrogens with zero attached hydrogens (tertiary/aromatic N) is 4. The lowest BCUT2D eigenvalue weighted by Gasteiger charge is -2.27. The van der Waals surface area contributed by atoms with Crippen LogP contribution in [0, 0.1) is 10.1 Å². The van der Waals surface area contributed by atoms with E-state index in [0.717, 1.165) is 16.5 Å². The zero-order valence-electron chi connectivity index (χ0n) is 17.1. The molecule has 164 valence electrons. The van der Waals surface area contributed by atoms with E-state index >= 15 is 0 Å². The maximum absolute atomic E-state index is 12.7. The maximum atomic E-state index is 12.7. The SMILES string of the molecule is O=C(N/N=C\c1cn(CC(=O)N2CCOCC2)c2ccccc12)c1cccc([N+](=O)[O-])c1. The molecule has 0 saturated carbocycles. The highest BCUT2D eigenvalue weighted by atomic mass is 16.6. The van der Waals surface area contributed by atoms with Gasteiger partial charge in [0.15, 0.2) is 0 Å². The van der Waals surface area contributed by atoms with E-state index in [1.54, 1.807) is 4.90 Å². The number of nitrogens with one attached hydrogen (secondary N) is 1. The van der Waals surface area contributed by atoms with Crippen molar-refractivity contribution in [3.8, 4) is 0 Å². The van der Waals surface area contributed by atoms with Crippen LogP contribution in [0.4, 0.5) is 5.69 Å². The van der Waals surface area contributed by atoms with Gasteiger partial charge >= 0.3 is 0 Å². The summed E-state index contributed by atoms with van der Waals surface area (Å²) in [4.78, 5) is 37.1. The van der Waals surface area contributed by atoms with Crippen LogP contribution in [0.5, 0.6) is 0 Å². The fraction of sp³-hybridized carbons (Fsp3) is 0.227. The molecule has 0 atom stereocenters. The third kappa shape index (κ3) is 4.65. The van der Waals surface area contributed by atoms with Crippen LogP contribution in [-0.4, -0.2) is 58.7 Å². The Morgan fingerprint density at radius 2 is 1.94 bits per heavy atom. The van der Waals surface area contributed by atoms with E-state index < -0.39 is 10.8 Å². The standard InChI is InChI=1S/C22H21N5O5/c28-21(25-8-10-32-11-9-25)15-26-14-17(19-6-1-2-7-20(19)26)13-23-24-22(29)16-4-3-5-18(12-16)27(30)31/h1-7,12-14H,8-11,15H2,(H,24,29)/b23-13-. The summed E-state index contributed by atoms with van der Waals surface area (Å²) in [5, 5.41) is 15.8. The van der Waals surface area contributed by atoms with Crippen molar-refractivity contribution in [3.63, 3.8) is 0 Å². The van der Waals surface area contributed by atoms with Gasteiger partial charge in [0, 0.05) is 53.4 Å². The fourth-order valence-corrected chi connectivity index (χ4v) is 3.55. The molecule has 32 heavy (non-hydrogen) atoms. The first kappa shape index (κ1) is 21.2. The van der Waals surface area contributed by atoms with Crippen molar-refractivity contribution < 1.29 is 19.2 Å². The number of rotatable bonds is 6. The van der Waals surface area contributed by atoms with Crippen LogP contribution < -0.4 is 5.43 Å². The smallest absolute Gasteiger partial charge is 0.271 e. The van der Waals surface area contributed by atoms with Crippen LogP contribution in [0.1, 0.15) is 15.9 Å². The lowest BCUT2D eigenvalue weighted by molar-refractivity contribution is -0.384. The van der Waals surface area contributed by atoms with Crippen molar-refractivity contribution in [1.82, 2.24) is 14.9 Å². The number of nitro benzene ring substituents is 1. The van der Waals surface area contributed by atoms with Gasteiger partial charge in [-0.1, -0.05) is 24.3 Å². The van der Waals surface area contributed by atoms with E-state index in [1.807, 2.05) is 35.0 Å². The molecule has 2 heterocycles. The second kappa shape index (κ2) is 9.40. The van der Waals surface area contributed by atoms with Gasteiger partial charge in [-0.3, -0.25) is 19.7 Å². The Morgan fingerprint density at radius 1 is 1.16 bits per heavy atom. The molecule has 3 aromatic rings. The van der Waals surface area contributed by atoms with Crippen molar-refractivity contribution in [2.45, 2.75) is 6.54 Å². The van der Waals surface area contributed by atoms with E-state index in [1.165, 1.54) is 30.5 Å². The number of hydrogen-bond donors (Lipinski definition) is 1. The molecule has 1 aromatic heterocycles. The Balaban J connectivity index is 1.50. The molecule has 1 saturated heterocycles. The summed E-state index contributed by atoms with van der Waals surface area (Å²) in [7, 11) is 0. The van der Waals surface area contributed by atoms with Gasteiger partial charge in [0.1, 0.15) is 6.54 Å². The number of hydrazone groups is 1. The van der Waals surface area contributed by atoms with E-state index in [4.69, 9.17) is 4.74 Å². The number of benzene rings is 2. The number of nitro groups is 1. The minimum atomic E-state index is -0.562. The minimum Gasteiger partial charge on any atom is -0.378 e. The number of non-ortho nitro benzene ring substituents is 1. The molecule has 10 heteroatoms. The highest BCUT2D eigenvalue weighted by molar-refractivity contribution is 6.01. The number of ether oxygens (including phenoxy) is 1. The molecule has 4 rings (SSSR count). The fourth-order valence-electron chi connectivity index (χ4n) is 3.55. The van der Waals surface area contributed by atoms with E-state index in [-0.39, 0.29) is 23.7 Å². The normalized spacial score (nSPS) is 14.1.